The van der Waals surface area contributed by atoms with E-state index >= 15 is 0 Å². The summed E-state index contributed by atoms with van der Waals surface area (Å²) < 4.78 is 0.815. The van der Waals surface area contributed by atoms with Gasteiger partial charge in [-0.3, -0.25) is 19.9 Å². The van der Waals surface area contributed by atoms with Crippen LogP contribution < -0.4 is 10.2 Å². The van der Waals surface area contributed by atoms with Crippen molar-refractivity contribution in [2.75, 3.05) is 11.4 Å². The van der Waals surface area contributed by atoms with Gasteiger partial charge in [-0.2, -0.15) is 0 Å². The number of nitrogens with one attached hydrogen (secondary N) is 1. The number of anilines is 1. The molecule has 2 rings (SSSR count). The van der Waals surface area contributed by atoms with Gasteiger partial charge >= 0.3 is 0 Å². The Morgan fingerprint density at radius 2 is 2.25 bits per heavy atom. The maximum atomic E-state index is 11.5. The lowest BCUT2D eigenvalue weighted by molar-refractivity contribution is -0.132. The summed E-state index contributed by atoms with van der Waals surface area (Å²) in [5.41, 5.74) is 0.755. The van der Waals surface area contributed by atoms with Crippen LogP contribution in [0.25, 0.3) is 0 Å². The van der Waals surface area contributed by atoms with E-state index in [-0.39, 0.29) is 24.4 Å². The fraction of sp³-hybridized carbons (Fsp3) is 0.300. The molecule has 1 aliphatic heterocycles. The Bertz CT molecular complexity index is 449. The second kappa shape index (κ2) is 4.21. The van der Waals surface area contributed by atoms with E-state index < -0.39 is 0 Å². The molecule has 5 nitrogen and oxygen atoms in total. The Hall–Kier alpha value is -1.43. The third-order valence-corrected chi connectivity index (χ3v) is 2.88. The number of aromatic nitrogens is 1. The fourth-order valence-electron chi connectivity index (χ4n) is 1.59. The number of amides is 2. The normalized spacial score (nSPS) is 20.9. The molecule has 6 heteroatoms. The Morgan fingerprint density at radius 3 is 2.94 bits per heavy atom. The Labute approximate surface area is 101 Å². The van der Waals surface area contributed by atoms with Gasteiger partial charge < -0.3 is 4.90 Å². The summed E-state index contributed by atoms with van der Waals surface area (Å²) in [4.78, 5) is 28.5. The van der Waals surface area contributed by atoms with Crippen molar-refractivity contribution in [3.8, 4) is 0 Å². The maximum absolute atomic E-state index is 11.5. The van der Waals surface area contributed by atoms with Gasteiger partial charge in [0.05, 0.1) is 18.4 Å². The summed E-state index contributed by atoms with van der Waals surface area (Å²) in [5, 5.41) is 2.29. The minimum absolute atomic E-state index is 0.172. The van der Waals surface area contributed by atoms with Crippen molar-refractivity contribution in [2.45, 2.75) is 13.0 Å². The first-order valence-corrected chi connectivity index (χ1v) is 5.58. The quantitative estimate of drug-likeness (QED) is 0.771. The molecule has 1 N–H and O–H groups in total. The van der Waals surface area contributed by atoms with E-state index in [0.29, 0.717) is 0 Å². The van der Waals surface area contributed by atoms with Gasteiger partial charge in [0.15, 0.2) is 0 Å². The van der Waals surface area contributed by atoms with Gasteiger partial charge in [-0.05, 0) is 28.9 Å². The minimum Gasteiger partial charge on any atom is -0.349 e. The molecule has 0 aromatic carbocycles. The molecule has 84 valence electrons. The first kappa shape index (κ1) is 11.1. The minimum atomic E-state index is -0.367. The average molecular weight is 284 g/mol. The van der Waals surface area contributed by atoms with E-state index in [9.17, 15) is 9.59 Å². The molecular formula is C10H10BrN3O2. The van der Waals surface area contributed by atoms with E-state index in [1.807, 2.05) is 6.07 Å². The van der Waals surface area contributed by atoms with Crippen LogP contribution in [0.1, 0.15) is 6.92 Å². The molecular weight excluding hydrogens is 274 g/mol. The lowest BCUT2D eigenvalue weighted by Gasteiger charge is -2.33. The van der Waals surface area contributed by atoms with E-state index in [1.54, 1.807) is 24.2 Å². The summed E-state index contributed by atoms with van der Waals surface area (Å²) in [6, 6.07) is 1.46. The highest BCUT2D eigenvalue weighted by Gasteiger charge is 2.30. The van der Waals surface area contributed by atoms with Crippen molar-refractivity contribution >= 4 is 33.4 Å². The van der Waals surface area contributed by atoms with Gasteiger partial charge in [-0.25, -0.2) is 0 Å². The molecule has 0 spiro atoms. The number of carbonyl (C=O) groups is 2. The summed E-state index contributed by atoms with van der Waals surface area (Å²) in [6.07, 6.45) is 3.28. The summed E-state index contributed by atoms with van der Waals surface area (Å²) in [5.74, 6) is -0.570. The molecule has 0 radical (unpaired) electrons. The van der Waals surface area contributed by atoms with Crippen molar-refractivity contribution in [1.29, 1.82) is 0 Å². The Morgan fingerprint density at radius 1 is 1.50 bits per heavy atom. The second-order valence-corrected chi connectivity index (χ2v) is 4.49. The molecule has 16 heavy (non-hydrogen) atoms. The lowest BCUT2D eigenvalue weighted by atomic mass is 10.2. The first-order chi connectivity index (χ1) is 7.58. The number of nitrogens with zero attached hydrogens (tertiary/aromatic N) is 2. The first-order valence-electron chi connectivity index (χ1n) is 4.79. The van der Waals surface area contributed by atoms with Crippen LogP contribution in [0.5, 0.6) is 0 Å². The van der Waals surface area contributed by atoms with Crippen molar-refractivity contribution in [3.63, 3.8) is 0 Å². The van der Waals surface area contributed by atoms with Crippen molar-refractivity contribution < 1.29 is 9.59 Å². The van der Waals surface area contributed by atoms with E-state index in [0.717, 1.165) is 10.2 Å². The number of rotatable bonds is 1. The smallest absolute Gasteiger partial charge is 0.249 e. The number of carbonyl (C=O) groups excluding carboxylic acids is 2. The van der Waals surface area contributed by atoms with Gasteiger partial charge in [-0.15, -0.1) is 0 Å². The van der Waals surface area contributed by atoms with E-state index in [4.69, 9.17) is 0 Å². The van der Waals surface area contributed by atoms with Crippen molar-refractivity contribution in [3.05, 3.63) is 22.9 Å². The highest BCUT2D eigenvalue weighted by atomic mass is 79.9. The number of halogens is 1. The van der Waals surface area contributed by atoms with E-state index in [1.165, 1.54) is 0 Å². The molecule has 1 unspecified atom stereocenters. The van der Waals surface area contributed by atoms with Crippen molar-refractivity contribution in [2.24, 2.45) is 0 Å². The van der Waals surface area contributed by atoms with Crippen LogP contribution in [0.15, 0.2) is 22.9 Å². The molecule has 0 saturated carbocycles. The number of piperazine rings is 1. The van der Waals surface area contributed by atoms with E-state index in [2.05, 4.69) is 26.2 Å². The molecule has 0 bridgehead atoms. The zero-order valence-electron chi connectivity index (χ0n) is 8.61. The van der Waals surface area contributed by atoms with Gasteiger partial charge in [0, 0.05) is 10.7 Å². The van der Waals surface area contributed by atoms with Gasteiger partial charge in [0.1, 0.15) is 6.04 Å². The summed E-state index contributed by atoms with van der Waals surface area (Å²) in [6.45, 7) is 1.92. The van der Waals surface area contributed by atoms with Crippen LogP contribution in [-0.2, 0) is 9.59 Å². The Kier molecular flexibility index (Phi) is 2.91. The Balaban J connectivity index is 2.32. The maximum Gasteiger partial charge on any atom is 0.249 e. The van der Waals surface area contributed by atoms with Gasteiger partial charge in [0.2, 0.25) is 11.8 Å². The largest absolute Gasteiger partial charge is 0.349 e. The number of pyridine rings is 1. The number of imide groups is 1. The monoisotopic (exact) mass is 283 g/mol. The zero-order valence-corrected chi connectivity index (χ0v) is 10.2. The van der Waals surface area contributed by atoms with Crippen molar-refractivity contribution in [1.82, 2.24) is 10.3 Å². The highest BCUT2D eigenvalue weighted by Crippen LogP contribution is 2.21. The lowest BCUT2D eigenvalue weighted by Crippen LogP contribution is -2.57. The van der Waals surface area contributed by atoms with Crippen LogP contribution in [0.3, 0.4) is 0 Å². The summed E-state index contributed by atoms with van der Waals surface area (Å²) >= 11 is 3.30. The van der Waals surface area contributed by atoms with Crippen LogP contribution >= 0.6 is 15.9 Å². The second-order valence-electron chi connectivity index (χ2n) is 3.58. The number of hydrogen-bond acceptors (Lipinski definition) is 4. The number of hydrogen-bond donors (Lipinski definition) is 1. The van der Waals surface area contributed by atoms with Gasteiger partial charge in [-0.1, -0.05) is 0 Å². The molecule has 2 amide bonds. The molecule has 1 aliphatic rings. The molecule has 1 fully saturated rings. The molecule has 1 aromatic rings. The molecule has 0 aliphatic carbocycles. The SMILES string of the molecule is CC1C(=O)NC(=O)CN1c1cncc(Br)c1. The predicted molar refractivity (Wildman–Crippen MR) is 61.9 cm³/mol. The third kappa shape index (κ3) is 2.06. The van der Waals surface area contributed by atoms with Crippen LogP contribution in [0, 0.1) is 0 Å². The van der Waals surface area contributed by atoms with Crippen LogP contribution in [-0.4, -0.2) is 29.4 Å². The summed E-state index contributed by atoms with van der Waals surface area (Å²) in [7, 11) is 0. The highest BCUT2D eigenvalue weighted by molar-refractivity contribution is 9.10. The molecule has 1 saturated heterocycles. The third-order valence-electron chi connectivity index (χ3n) is 2.45. The molecule has 1 aromatic heterocycles. The zero-order chi connectivity index (χ0) is 11.7. The van der Waals surface area contributed by atoms with Gasteiger partial charge in [0.25, 0.3) is 0 Å². The van der Waals surface area contributed by atoms with Crippen LogP contribution in [0.2, 0.25) is 0 Å². The standard InChI is InChI=1S/C10H10BrN3O2/c1-6-10(16)13-9(15)5-14(6)8-2-7(11)3-12-4-8/h2-4,6H,5H2,1H3,(H,13,15,16). The molecule has 2 heterocycles. The average Bonchev–Trinajstić information content (AvgIpc) is 2.23. The topological polar surface area (TPSA) is 62.3 Å². The molecule has 1 atom stereocenters. The predicted octanol–water partition coefficient (Wildman–Crippen LogP) is 0.695. The van der Waals surface area contributed by atoms with Crippen LogP contribution in [0.4, 0.5) is 5.69 Å². The fourth-order valence-corrected chi connectivity index (χ4v) is 1.94.